The highest BCUT2D eigenvalue weighted by Gasteiger charge is 2.04. The van der Waals surface area contributed by atoms with Crippen molar-refractivity contribution in [3.8, 4) is 0 Å². The van der Waals surface area contributed by atoms with Crippen LogP contribution in [0.5, 0.6) is 0 Å². The lowest BCUT2D eigenvalue weighted by molar-refractivity contribution is 0.509. The van der Waals surface area contributed by atoms with E-state index in [2.05, 4.69) is 16.7 Å². The van der Waals surface area contributed by atoms with Crippen molar-refractivity contribution in [2.45, 2.75) is 13.8 Å². The predicted octanol–water partition coefficient (Wildman–Crippen LogP) is 4.39. The number of hydrogen-bond donors (Lipinski definition) is 2. The van der Waals surface area contributed by atoms with Gasteiger partial charge in [0.15, 0.2) is 16.7 Å². The van der Waals surface area contributed by atoms with Crippen LogP contribution in [-0.4, -0.2) is 5.11 Å². The Labute approximate surface area is 121 Å². The van der Waals surface area contributed by atoms with E-state index in [1.165, 1.54) is 6.07 Å². The van der Waals surface area contributed by atoms with Crippen molar-refractivity contribution in [3.05, 3.63) is 59.2 Å². The first kappa shape index (κ1) is 14.4. The summed E-state index contributed by atoms with van der Waals surface area (Å²) >= 11 is 5.14. The topological polar surface area (TPSA) is 24.1 Å². The van der Waals surface area contributed by atoms with Crippen molar-refractivity contribution in [3.63, 3.8) is 0 Å². The number of benzene rings is 2. The molecule has 2 N–H and O–H groups in total. The standard InChI is InChI=1S/C15H14F2N2S/c1-9-5-10(2)7-12(6-9)19-15(20)18-11-3-4-13(16)14(17)8-11/h3-8H,1-2H3,(H2,18,19,20). The second-order valence-corrected chi connectivity index (χ2v) is 4.99. The van der Waals surface area contributed by atoms with E-state index >= 15 is 0 Å². The zero-order valence-corrected chi connectivity index (χ0v) is 11.9. The maximum atomic E-state index is 13.1. The molecule has 0 amide bonds. The van der Waals surface area contributed by atoms with Gasteiger partial charge in [0.05, 0.1) is 0 Å². The van der Waals surface area contributed by atoms with Gasteiger partial charge in [-0.3, -0.25) is 0 Å². The van der Waals surface area contributed by atoms with Gasteiger partial charge in [-0.2, -0.15) is 0 Å². The monoisotopic (exact) mass is 292 g/mol. The first-order valence-corrected chi connectivity index (χ1v) is 6.46. The number of hydrogen-bond acceptors (Lipinski definition) is 1. The van der Waals surface area contributed by atoms with Gasteiger partial charge in [-0.15, -0.1) is 0 Å². The van der Waals surface area contributed by atoms with E-state index in [-0.39, 0.29) is 0 Å². The second kappa shape index (κ2) is 5.96. The molecule has 0 heterocycles. The van der Waals surface area contributed by atoms with Crippen LogP contribution in [0, 0.1) is 25.5 Å². The molecule has 20 heavy (non-hydrogen) atoms. The molecule has 0 fully saturated rings. The van der Waals surface area contributed by atoms with Gasteiger partial charge in [-0.05, 0) is 61.5 Å². The lowest BCUT2D eigenvalue weighted by Crippen LogP contribution is -2.19. The zero-order valence-electron chi connectivity index (χ0n) is 11.1. The van der Waals surface area contributed by atoms with E-state index in [9.17, 15) is 8.78 Å². The van der Waals surface area contributed by atoms with Crippen LogP contribution >= 0.6 is 12.2 Å². The van der Waals surface area contributed by atoms with Gasteiger partial charge in [0.1, 0.15) is 0 Å². The van der Waals surface area contributed by atoms with Crippen LogP contribution in [0.3, 0.4) is 0 Å². The van der Waals surface area contributed by atoms with E-state index in [1.54, 1.807) is 0 Å². The number of anilines is 2. The summed E-state index contributed by atoms with van der Waals surface area (Å²) in [5, 5.41) is 6.14. The maximum absolute atomic E-state index is 13.1. The van der Waals surface area contributed by atoms with Gasteiger partial charge in [0.2, 0.25) is 0 Å². The van der Waals surface area contributed by atoms with Gasteiger partial charge in [0.25, 0.3) is 0 Å². The fourth-order valence-corrected chi connectivity index (χ4v) is 2.15. The lowest BCUT2D eigenvalue weighted by atomic mass is 10.1. The molecule has 0 unspecified atom stereocenters. The fraction of sp³-hybridized carbons (Fsp3) is 0.133. The molecule has 0 aliphatic carbocycles. The number of halogens is 2. The minimum Gasteiger partial charge on any atom is -0.332 e. The van der Waals surface area contributed by atoms with Gasteiger partial charge in [0, 0.05) is 17.4 Å². The largest absolute Gasteiger partial charge is 0.332 e. The van der Waals surface area contributed by atoms with Gasteiger partial charge < -0.3 is 10.6 Å². The van der Waals surface area contributed by atoms with E-state index in [1.807, 2.05) is 26.0 Å². The van der Waals surface area contributed by atoms with Crippen LogP contribution in [0.1, 0.15) is 11.1 Å². The highest BCUT2D eigenvalue weighted by atomic mass is 32.1. The number of nitrogens with one attached hydrogen (secondary N) is 2. The summed E-state index contributed by atoms with van der Waals surface area (Å²) in [7, 11) is 0. The van der Waals surface area contributed by atoms with Crippen molar-refractivity contribution in [1.82, 2.24) is 0 Å². The van der Waals surface area contributed by atoms with E-state index in [0.717, 1.165) is 28.9 Å². The molecule has 2 rings (SSSR count). The quantitative estimate of drug-likeness (QED) is 0.803. The molecule has 0 spiro atoms. The molecule has 0 atom stereocenters. The normalized spacial score (nSPS) is 10.2. The van der Waals surface area contributed by atoms with Crippen molar-refractivity contribution in [2.24, 2.45) is 0 Å². The zero-order chi connectivity index (χ0) is 14.7. The molecular formula is C15H14F2N2S. The third kappa shape index (κ3) is 3.74. The molecule has 2 aromatic rings. The maximum Gasteiger partial charge on any atom is 0.175 e. The van der Waals surface area contributed by atoms with E-state index in [4.69, 9.17) is 12.2 Å². The van der Waals surface area contributed by atoms with Crippen molar-refractivity contribution in [1.29, 1.82) is 0 Å². The Morgan fingerprint density at radius 3 is 2.05 bits per heavy atom. The molecule has 0 saturated heterocycles. The summed E-state index contributed by atoms with van der Waals surface area (Å²) in [5.74, 6) is -1.80. The Bertz CT molecular complexity index is 636. The van der Waals surface area contributed by atoms with Crippen LogP contribution in [0.15, 0.2) is 36.4 Å². The molecule has 5 heteroatoms. The van der Waals surface area contributed by atoms with Crippen molar-refractivity contribution in [2.75, 3.05) is 10.6 Å². The molecule has 0 saturated carbocycles. The Morgan fingerprint density at radius 1 is 0.850 bits per heavy atom. The summed E-state index contributed by atoms with van der Waals surface area (Å²) in [5.41, 5.74) is 3.47. The predicted molar refractivity (Wildman–Crippen MR) is 82.1 cm³/mol. The highest BCUT2D eigenvalue weighted by Crippen LogP contribution is 2.16. The van der Waals surface area contributed by atoms with E-state index in [0.29, 0.717) is 10.8 Å². The Kier molecular flexibility index (Phi) is 4.29. The van der Waals surface area contributed by atoms with Gasteiger partial charge in [-0.25, -0.2) is 8.78 Å². The van der Waals surface area contributed by atoms with Crippen molar-refractivity contribution >= 4 is 28.7 Å². The third-order valence-corrected chi connectivity index (χ3v) is 2.86. The summed E-state index contributed by atoms with van der Waals surface area (Å²) < 4.78 is 25.9. The average molecular weight is 292 g/mol. The summed E-state index contributed by atoms with van der Waals surface area (Å²) in [6, 6.07) is 9.49. The number of aryl methyl sites for hydroxylation is 2. The van der Waals surface area contributed by atoms with Crippen LogP contribution < -0.4 is 10.6 Å². The number of thiocarbonyl (C=S) groups is 1. The fourth-order valence-electron chi connectivity index (χ4n) is 1.91. The molecule has 0 aliphatic rings. The van der Waals surface area contributed by atoms with Crippen LogP contribution in [-0.2, 0) is 0 Å². The van der Waals surface area contributed by atoms with Crippen LogP contribution in [0.25, 0.3) is 0 Å². The smallest absolute Gasteiger partial charge is 0.175 e. The average Bonchev–Trinajstić information content (AvgIpc) is 2.32. The lowest BCUT2D eigenvalue weighted by Gasteiger charge is -2.12. The molecule has 2 nitrogen and oxygen atoms in total. The van der Waals surface area contributed by atoms with Gasteiger partial charge >= 0.3 is 0 Å². The Balaban J connectivity index is 2.06. The molecule has 0 bridgehead atoms. The molecular weight excluding hydrogens is 278 g/mol. The molecule has 0 aliphatic heterocycles. The Hall–Kier alpha value is -2.01. The van der Waals surface area contributed by atoms with E-state index < -0.39 is 11.6 Å². The molecule has 0 aromatic heterocycles. The van der Waals surface area contributed by atoms with Gasteiger partial charge in [-0.1, -0.05) is 6.07 Å². The molecule has 0 radical (unpaired) electrons. The minimum absolute atomic E-state index is 0.320. The molecule has 104 valence electrons. The summed E-state index contributed by atoms with van der Waals surface area (Å²) in [4.78, 5) is 0. The summed E-state index contributed by atoms with van der Waals surface area (Å²) in [6.45, 7) is 3.98. The highest BCUT2D eigenvalue weighted by molar-refractivity contribution is 7.80. The first-order chi connectivity index (χ1) is 9.44. The van der Waals surface area contributed by atoms with Crippen molar-refractivity contribution < 1.29 is 8.78 Å². The van der Waals surface area contributed by atoms with Crippen LogP contribution in [0.2, 0.25) is 0 Å². The Morgan fingerprint density at radius 2 is 1.45 bits per heavy atom. The minimum atomic E-state index is -0.913. The third-order valence-electron chi connectivity index (χ3n) is 2.66. The second-order valence-electron chi connectivity index (χ2n) is 4.58. The summed E-state index contributed by atoms with van der Waals surface area (Å²) in [6.07, 6.45) is 0. The first-order valence-electron chi connectivity index (χ1n) is 6.05. The number of rotatable bonds is 2. The van der Waals surface area contributed by atoms with Crippen LogP contribution in [0.4, 0.5) is 20.2 Å². The SMILES string of the molecule is Cc1cc(C)cc(NC(=S)Nc2ccc(F)c(F)c2)c1. The molecule has 2 aromatic carbocycles.